The monoisotopic (exact) mass is 341 g/mol. The molecule has 0 spiro atoms. The van der Waals surface area contributed by atoms with Crippen molar-refractivity contribution in [2.75, 3.05) is 6.61 Å². The standard InChI is InChI=1S/C13H20BrN5O/c1-3-11-13(14)12(19(4-2)16-11)9-18-8-10(15-17-18)6-5-7-20/h8,20H,3-7,9H2,1-2H3. The van der Waals surface area contributed by atoms with Gasteiger partial charge in [0.05, 0.1) is 28.1 Å². The van der Waals surface area contributed by atoms with Crippen LogP contribution in [0.3, 0.4) is 0 Å². The van der Waals surface area contributed by atoms with Crippen LogP contribution in [-0.2, 0) is 25.9 Å². The second-order valence-corrected chi connectivity index (χ2v) is 5.40. The minimum Gasteiger partial charge on any atom is -0.396 e. The number of aliphatic hydroxyl groups is 1. The summed E-state index contributed by atoms with van der Waals surface area (Å²) in [6.45, 7) is 5.84. The topological polar surface area (TPSA) is 68.8 Å². The minimum absolute atomic E-state index is 0.181. The summed E-state index contributed by atoms with van der Waals surface area (Å²) in [6, 6.07) is 0. The van der Waals surface area contributed by atoms with Crippen LogP contribution in [0.1, 0.15) is 37.4 Å². The van der Waals surface area contributed by atoms with Gasteiger partial charge in [0.25, 0.3) is 0 Å². The summed E-state index contributed by atoms with van der Waals surface area (Å²) in [6.07, 6.45) is 4.31. The summed E-state index contributed by atoms with van der Waals surface area (Å²) in [4.78, 5) is 0. The fraction of sp³-hybridized carbons (Fsp3) is 0.615. The normalized spacial score (nSPS) is 11.2. The fourth-order valence-corrected chi connectivity index (χ4v) is 2.80. The number of hydrogen-bond donors (Lipinski definition) is 1. The molecule has 110 valence electrons. The van der Waals surface area contributed by atoms with Crippen LogP contribution in [0.15, 0.2) is 10.7 Å². The van der Waals surface area contributed by atoms with Crippen LogP contribution in [0.2, 0.25) is 0 Å². The Morgan fingerprint density at radius 2 is 2.15 bits per heavy atom. The molecule has 2 heterocycles. The molecule has 0 fully saturated rings. The highest BCUT2D eigenvalue weighted by molar-refractivity contribution is 9.10. The molecule has 0 radical (unpaired) electrons. The first-order chi connectivity index (χ1) is 9.69. The zero-order valence-electron chi connectivity index (χ0n) is 11.9. The molecule has 6 nitrogen and oxygen atoms in total. The minimum atomic E-state index is 0.181. The van der Waals surface area contributed by atoms with Gasteiger partial charge in [-0.2, -0.15) is 5.10 Å². The van der Waals surface area contributed by atoms with Crippen LogP contribution < -0.4 is 0 Å². The molecule has 0 aliphatic carbocycles. The Balaban J connectivity index is 2.16. The summed E-state index contributed by atoms with van der Waals surface area (Å²) in [5.74, 6) is 0. The highest BCUT2D eigenvalue weighted by atomic mass is 79.9. The molecule has 1 N–H and O–H groups in total. The molecule has 2 aromatic heterocycles. The van der Waals surface area contributed by atoms with Crippen molar-refractivity contribution in [3.63, 3.8) is 0 Å². The van der Waals surface area contributed by atoms with Crippen molar-refractivity contribution in [1.82, 2.24) is 24.8 Å². The van der Waals surface area contributed by atoms with Crippen LogP contribution in [0, 0.1) is 0 Å². The molecule has 0 aliphatic rings. The van der Waals surface area contributed by atoms with Crippen molar-refractivity contribution in [3.05, 3.63) is 27.8 Å². The molecule has 0 bridgehead atoms. The van der Waals surface area contributed by atoms with Crippen LogP contribution in [0.4, 0.5) is 0 Å². The highest BCUT2D eigenvalue weighted by Gasteiger charge is 2.14. The van der Waals surface area contributed by atoms with Gasteiger partial charge in [-0.05, 0) is 42.1 Å². The van der Waals surface area contributed by atoms with E-state index in [4.69, 9.17) is 5.11 Å². The fourth-order valence-electron chi connectivity index (χ4n) is 2.11. The molecule has 7 heteroatoms. The van der Waals surface area contributed by atoms with Crippen LogP contribution >= 0.6 is 15.9 Å². The van der Waals surface area contributed by atoms with Crippen molar-refractivity contribution in [2.45, 2.75) is 46.2 Å². The molecule has 2 aromatic rings. The Kier molecular flexibility index (Phi) is 5.31. The molecule has 0 aliphatic heterocycles. The summed E-state index contributed by atoms with van der Waals surface area (Å²) < 4.78 is 4.88. The van der Waals surface area contributed by atoms with E-state index in [1.54, 1.807) is 0 Å². The molecule has 0 saturated heterocycles. The van der Waals surface area contributed by atoms with Gasteiger partial charge in [-0.1, -0.05) is 12.1 Å². The van der Waals surface area contributed by atoms with Crippen LogP contribution in [-0.4, -0.2) is 36.5 Å². The first-order valence-electron chi connectivity index (χ1n) is 6.93. The zero-order chi connectivity index (χ0) is 14.5. The van der Waals surface area contributed by atoms with Gasteiger partial charge in [-0.15, -0.1) is 5.10 Å². The Labute approximate surface area is 126 Å². The molecule has 0 saturated carbocycles. The number of hydrogen-bond acceptors (Lipinski definition) is 4. The van der Waals surface area contributed by atoms with Crippen molar-refractivity contribution < 1.29 is 5.11 Å². The third-order valence-corrected chi connectivity index (χ3v) is 4.10. The maximum absolute atomic E-state index is 8.83. The summed E-state index contributed by atoms with van der Waals surface area (Å²) >= 11 is 3.63. The SMILES string of the molecule is CCc1nn(CC)c(Cn2cc(CCCO)nn2)c1Br. The van der Waals surface area contributed by atoms with Gasteiger partial charge in [0.1, 0.15) is 0 Å². The molecule has 0 aromatic carbocycles. The van der Waals surface area contributed by atoms with Crippen LogP contribution in [0.25, 0.3) is 0 Å². The smallest absolute Gasteiger partial charge is 0.0857 e. The van der Waals surface area contributed by atoms with E-state index in [9.17, 15) is 0 Å². The van der Waals surface area contributed by atoms with E-state index in [0.717, 1.165) is 47.4 Å². The van der Waals surface area contributed by atoms with E-state index < -0.39 is 0 Å². The maximum Gasteiger partial charge on any atom is 0.0857 e. The van der Waals surface area contributed by atoms with E-state index in [-0.39, 0.29) is 6.61 Å². The average Bonchev–Trinajstić information content (AvgIpc) is 3.03. The van der Waals surface area contributed by atoms with Crippen molar-refractivity contribution in [3.8, 4) is 0 Å². The van der Waals surface area contributed by atoms with Gasteiger partial charge in [0.2, 0.25) is 0 Å². The second kappa shape index (κ2) is 6.99. The number of halogens is 1. The Morgan fingerprint density at radius 3 is 2.80 bits per heavy atom. The summed E-state index contributed by atoms with van der Waals surface area (Å²) in [5.41, 5.74) is 3.10. The molecular weight excluding hydrogens is 322 g/mol. The number of rotatable bonds is 7. The molecule has 0 unspecified atom stereocenters. The van der Waals surface area contributed by atoms with Gasteiger partial charge in [-0.3, -0.25) is 4.68 Å². The van der Waals surface area contributed by atoms with Gasteiger partial charge in [-0.25, -0.2) is 4.68 Å². The summed E-state index contributed by atoms with van der Waals surface area (Å²) in [5, 5.41) is 21.7. The zero-order valence-corrected chi connectivity index (χ0v) is 13.5. The largest absolute Gasteiger partial charge is 0.396 e. The quantitative estimate of drug-likeness (QED) is 0.833. The van der Waals surface area contributed by atoms with E-state index in [2.05, 4.69) is 45.2 Å². The predicted molar refractivity (Wildman–Crippen MR) is 79.5 cm³/mol. The lowest BCUT2D eigenvalue weighted by molar-refractivity contribution is 0.288. The highest BCUT2D eigenvalue weighted by Crippen LogP contribution is 2.23. The van der Waals surface area contributed by atoms with E-state index in [1.807, 2.05) is 15.6 Å². The third-order valence-electron chi connectivity index (χ3n) is 3.18. The summed E-state index contributed by atoms with van der Waals surface area (Å²) in [7, 11) is 0. The van der Waals surface area contributed by atoms with Gasteiger partial charge < -0.3 is 5.11 Å². The van der Waals surface area contributed by atoms with Crippen molar-refractivity contribution in [2.24, 2.45) is 0 Å². The van der Waals surface area contributed by atoms with E-state index >= 15 is 0 Å². The Morgan fingerprint density at radius 1 is 1.35 bits per heavy atom. The van der Waals surface area contributed by atoms with Gasteiger partial charge in [0, 0.05) is 19.3 Å². The number of aliphatic hydroxyl groups excluding tert-OH is 1. The lowest BCUT2D eigenvalue weighted by atomic mass is 10.2. The average molecular weight is 342 g/mol. The lowest BCUT2D eigenvalue weighted by Gasteiger charge is -2.04. The van der Waals surface area contributed by atoms with Gasteiger partial charge in [0.15, 0.2) is 0 Å². The van der Waals surface area contributed by atoms with Crippen LogP contribution in [0.5, 0.6) is 0 Å². The number of aromatic nitrogens is 5. The molecule has 0 amide bonds. The molecule has 2 rings (SSSR count). The molecule has 20 heavy (non-hydrogen) atoms. The first-order valence-corrected chi connectivity index (χ1v) is 7.72. The second-order valence-electron chi connectivity index (χ2n) is 4.61. The van der Waals surface area contributed by atoms with Crippen molar-refractivity contribution in [1.29, 1.82) is 0 Å². The number of aryl methyl sites for hydroxylation is 3. The van der Waals surface area contributed by atoms with E-state index in [0.29, 0.717) is 6.54 Å². The Hall–Kier alpha value is -1.21. The van der Waals surface area contributed by atoms with E-state index in [1.165, 1.54) is 0 Å². The molecule has 0 atom stereocenters. The number of nitrogens with zero attached hydrogens (tertiary/aromatic N) is 5. The maximum atomic E-state index is 8.83. The molecular formula is C13H20BrN5O. The lowest BCUT2D eigenvalue weighted by Crippen LogP contribution is -2.09. The third kappa shape index (κ3) is 3.27. The predicted octanol–water partition coefficient (Wildman–Crippen LogP) is 1.79. The van der Waals surface area contributed by atoms with Crippen molar-refractivity contribution >= 4 is 15.9 Å². The first kappa shape index (κ1) is 15.2. The Bertz CT molecular complexity index is 563. The van der Waals surface area contributed by atoms with Gasteiger partial charge >= 0.3 is 0 Å².